The van der Waals surface area contributed by atoms with Gasteiger partial charge >= 0.3 is 12.0 Å². The SMILES string of the molecule is CCCN(C(=O)NCC1CCSC1)C1COCC1C(=O)O. The van der Waals surface area contributed by atoms with E-state index in [-0.39, 0.29) is 18.7 Å². The molecule has 120 valence electrons. The smallest absolute Gasteiger partial charge is 0.317 e. The predicted octanol–water partition coefficient (Wildman–Crippen LogP) is 1.26. The zero-order valence-corrected chi connectivity index (χ0v) is 13.2. The van der Waals surface area contributed by atoms with Crippen molar-refractivity contribution in [3.8, 4) is 0 Å². The molecular formula is C14H24N2O4S. The number of carboxylic acid groups (broad SMARTS) is 1. The van der Waals surface area contributed by atoms with E-state index in [1.807, 2.05) is 18.7 Å². The van der Waals surface area contributed by atoms with Crippen LogP contribution >= 0.6 is 11.8 Å². The highest BCUT2D eigenvalue weighted by molar-refractivity contribution is 7.99. The van der Waals surface area contributed by atoms with Gasteiger partial charge in [0, 0.05) is 13.1 Å². The van der Waals surface area contributed by atoms with Gasteiger partial charge in [-0.15, -0.1) is 0 Å². The van der Waals surface area contributed by atoms with Crippen LogP contribution in [0.25, 0.3) is 0 Å². The minimum absolute atomic E-state index is 0.157. The monoisotopic (exact) mass is 316 g/mol. The van der Waals surface area contributed by atoms with Crippen LogP contribution in [-0.4, -0.2) is 65.9 Å². The van der Waals surface area contributed by atoms with Crippen LogP contribution in [0.4, 0.5) is 4.79 Å². The van der Waals surface area contributed by atoms with Crippen molar-refractivity contribution in [2.75, 3.05) is 37.8 Å². The summed E-state index contributed by atoms with van der Waals surface area (Å²) in [7, 11) is 0. The van der Waals surface area contributed by atoms with Crippen molar-refractivity contribution in [1.29, 1.82) is 0 Å². The maximum absolute atomic E-state index is 12.4. The molecule has 2 heterocycles. The lowest BCUT2D eigenvalue weighted by atomic mass is 10.0. The van der Waals surface area contributed by atoms with E-state index in [9.17, 15) is 14.7 Å². The van der Waals surface area contributed by atoms with E-state index >= 15 is 0 Å². The van der Waals surface area contributed by atoms with E-state index in [0.29, 0.717) is 25.6 Å². The number of rotatable bonds is 6. The number of ether oxygens (including phenoxy) is 1. The molecule has 3 atom stereocenters. The Kier molecular flexibility index (Phi) is 6.17. The van der Waals surface area contributed by atoms with Gasteiger partial charge in [0.15, 0.2) is 0 Å². The van der Waals surface area contributed by atoms with Crippen molar-refractivity contribution in [2.24, 2.45) is 11.8 Å². The quantitative estimate of drug-likeness (QED) is 0.771. The Morgan fingerprint density at radius 3 is 2.86 bits per heavy atom. The van der Waals surface area contributed by atoms with Crippen LogP contribution in [-0.2, 0) is 9.53 Å². The second kappa shape index (κ2) is 7.89. The fraction of sp³-hybridized carbons (Fsp3) is 0.857. The third-order valence-electron chi connectivity index (χ3n) is 4.06. The zero-order chi connectivity index (χ0) is 15.2. The Bertz CT molecular complexity index is 374. The first-order chi connectivity index (χ1) is 10.1. The van der Waals surface area contributed by atoms with Gasteiger partial charge in [0.1, 0.15) is 5.92 Å². The van der Waals surface area contributed by atoms with Crippen LogP contribution < -0.4 is 5.32 Å². The molecule has 0 aromatic rings. The van der Waals surface area contributed by atoms with Gasteiger partial charge in [0.2, 0.25) is 0 Å². The number of nitrogens with one attached hydrogen (secondary N) is 1. The number of urea groups is 1. The number of hydrogen-bond donors (Lipinski definition) is 2. The Hall–Kier alpha value is -0.950. The highest BCUT2D eigenvalue weighted by atomic mass is 32.2. The van der Waals surface area contributed by atoms with Crippen LogP contribution in [0.5, 0.6) is 0 Å². The fourth-order valence-electron chi connectivity index (χ4n) is 2.82. The maximum atomic E-state index is 12.4. The second-order valence-electron chi connectivity index (χ2n) is 5.66. The largest absolute Gasteiger partial charge is 0.481 e. The van der Waals surface area contributed by atoms with E-state index in [4.69, 9.17) is 4.74 Å². The zero-order valence-electron chi connectivity index (χ0n) is 12.4. The van der Waals surface area contributed by atoms with E-state index in [1.165, 1.54) is 0 Å². The summed E-state index contributed by atoms with van der Waals surface area (Å²) in [5.74, 6) is 1.29. The summed E-state index contributed by atoms with van der Waals surface area (Å²) in [4.78, 5) is 25.3. The molecule has 0 aromatic heterocycles. The summed E-state index contributed by atoms with van der Waals surface area (Å²) in [6.45, 7) is 3.72. The fourth-order valence-corrected chi connectivity index (χ4v) is 4.11. The number of carbonyl (C=O) groups excluding carboxylic acids is 1. The second-order valence-corrected chi connectivity index (χ2v) is 6.81. The van der Waals surface area contributed by atoms with Crippen molar-refractivity contribution in [3.63, 3.8) is 0 Å². The van der Waals surface area contributed by atoms with Gasteiger partial charge in [0.25, 0.3) is 0 Å². The van der Waals surface area contributed by atoms with Crippen LogP contribution in [0.15, 0.2) is 0 Å². The summed E-state index contributed by atoms with van der Waals surface area (Å²) in [6.07, 6.45) is 1.94. The standard InChI is InChI=1S/C14H24N2O4S/c1-2-4-16(12-8-20-7-11(12)13(17)18)14(19)15-6-10-3-5-21-9-10/h10-12H,2-9H2,1H3,(H,15,19)(H,17,18). The summed E-state index contributed by atoms with van der Waals surface area (Å²) < 4.78 is 5.28. The summed E-state index contributed by atoms with van der Waals surface area (Å²) in [5.41, 5.74) is 0. The average Bonchev–Trinajstić information content (AvgIpc) is 3.12. The molecule has 2 N–H and O–H groups in total. The Morgan fingerprint density at radius 2 is 2.24 bits per heavy atom. The third-order valence-corrected chi connectivity index (χ3v) is 5.29. The van der Waals surface area contributed by atoms with Gasteiger partial charge in [-0.1, -0.05) is 6.92 Å². The van der Waals surface area contributed by atoms with E-state index in [2.05, 4.69) is 5.32 Å². The molecule has 2 aliphatic heterocycles. The van der Waals surface area contributed by atoms with Gasteiger partial charge in [0.05, 0.1) is 19.3 Å². The lowest BCUT2D eigenvalue weighted by Gasteiger charge is -2.30. The van der Waals surface area contributed by atoms with Crippen molar-refractivity contribution in [2.45, 2.75) is 25.8 Å². The van der Waals surface area contributed by atoms with E-state index in [1.54, 1.807) is 4.90 Å². The number of amides is 2. The van der Waals surface area contributed by atoms with Crippen LogP contribution in [0.1, 0.15) is 19.8 Å². The molecule has 2 fully saturated rings. The molecule has 0 radical (unpaired) electrons. The number of aliphatic carboxylic acids is 1. The first kappa shape index (κ1) is 16.4. The molecule has 3 unspecified atom stereocenters. The normalized spacial score (nSPS) is 28.5. The molecule has 0 aromatic carbocycles. The molecule has 0 aliphatic carbocycles. The van der Waals surface area contributed by atoms with E-state index < -0.39 is 11.9 Å². The molecule has 2 saturated heterocycles. The molecule has 6 nitrogen and oxygen atoms in total. The highest BCUT2D eigenvalue weighted by Crippen LogP contribution is 2.23. The van der Waals surface area contributed by atoms with Crippen molar-refractivity contribution in [3.05, 3.63) is 0 Å². The lowest BCUT2D eigenvalue weighted by molar-refractivity contribution is -0.142. The topological polar surface area (TPSA) is 78.9 Å². The number of hydrogen-bond acceptors (Lipinski definition) is 4. The maximum Gasteiger partial charge on any atom is 0.317 e. The molecule has 7 heteroatoms. The molecule has 2 aliphatic rings. The minimum atomic E-state index is -0.890. The van der Waals surface area contributed by atoms with Gasteiger partial charge in [-0.05, 0) is 30.3 Å². The molecule has 2 rings (SSSR count). The average molecular weight is 316 g/mol. The number of nitrogens with zero attached hydrogens (tertiary/aromatic N) is 1. The predicted molar refractivity (Wildman–Crippen MR) is 81.6 cm³/mol. The lowest BCUT2D eigenvalue weighted by Crippen LogP contribution is -2.51. The summed E-state index contributed by atoms with van der Waals surface area (Å²) in [5, 5.41) is 12.2. The van der Waals surface area contributed by atoms with Crippen molar-refractivity contribution in [1.82, 2.24) is 10.2 Å². The van der Waals surface area contributed by atoms with Crippen molar-refractivity contribution >= 4 is 23.8 Å². The molecule has 0 spiro atoms. The van der Waals surface area contributed by atoms with Gasteiger partial charge in [-0.3, -0.25) is 4.79 Å². The Balaban J connectivity index is 1.93. The molecule has 0 saturated carbocycles. The van der Waals surface area contributed by atoms with Gasteiger partial charge < -0.3 is 20.1 Å². The van der Waals surface area contributed by atoms with Gasteiger partial charge in [-0.2, -0.15) is 11.8 Å². The van der Waals surface area contributed by atoms with Crippen LogP contribution in [0, 0.1) is 11.8 Å². The first-order valence-corrected chi connectivity index (χ1v) is 8.71. The Morgan fingerprint density at radius 1 is 1.43 bits per heavy atom. The van der Waals surface area contributed by atoms with Crippen molar-refractivity contribution < 1.29 is 19.4 Å². The molecule has 0 bridgehead atoms. The third kappa shape index (κ3) is 4.26. The molecular weight excluding hydrogens is 292 g/mol. The number of thioether (sulfide) groups is 1. The summed E-state index contributed by atoms with van der Waals surface area (Å²) in [6, 6.07) is -0.518. The number of carboxylic acids is 1. The number of carbonyl (C=O) groups is 2. The summed E-state index contributed by atoms with van der Waals surface area (Å²) >= 11 is 1.92. The van der Waals surface area contributed by atoms with Crippen LogP contribution in [0.3, 0.4) is 0 Å². The van der Waals surface area contributed by atoms with E-state index in [0.717, 1.165) is 24.3 Å². The minimum Gasteiger partial charge on any atom is -0.481 e. The highest BCUT2D eigenvalue weighted by Gasteiger charge is 2.39. The van der Waals surface area contributed by atoms with Gasteiger partial charge in [-0.25, -0.2) is 4.79 Å². The Labute approximate surface area is 129 Å². The first-order valence-electron chi connectivity index (χ1n) is 7.56. The molecule has 2 amide bonds. The van der Waals surface area contributed by atoms with Crippen LogP contribution in [0.2, 0.25) is 0 Å². The molecule has 21 heavy (non-hydrogen) atoms.